The number of benzene rings is 1. The highest BCUT2D eigenvalue weighted by atomic mass is 16.6. The zero-order chi connectivity index (χ0) is 8.55. The molecule has 0 aliphatic heterocycles. The Hall–Kier alpha value is -1.98. The maximum absolute atomic E-state index is 10.4. The van der Waals surface area contributed by atoms with E-state index in [1.54, 1.807) is 12.1 Å². The van der Waals surface area contributed by atoms with Gasteiger partial charge in [-0.1, -0.05) is 6.07 Å². The van der Waals surface area contributed by atoms with Crippen molar-refractivity contribution < 1.29 is 4.92 Å². The molecule has 2 aromatic rings. The number of nitrogens with zero attached hydrogens (tertiary/aromatic N) is 4. The normalized spacial score (nSPS) is 10.3. The van der Waals surface area contributed by atoms with Crippen LogP contribution in [0.1, 0.15) is 0 Å². The lowest BCUT2D eigenvalue weighted by atomic mass is 10.3. The van der Waals surface area contributed by atoms with Gasteiger partial charge in [0.05, 0.1) is 10.4 Å². The van der Waals surface area contributed by atoms with Crippen LogP contribution < -0.4 is 5.21 Å². The maximum Gasteiger partial charge on any atom is 0.295 e. The number of nitro benzene ring substituents is 1. The van der Waals surface area contributed by atoms with Gasteiger partial charge in [0.15, 0.2) is 0 Å². The average molecular weight is 163 g/mol. The van der Waals surface area contributed by atoms with Gasteiger partial charge in [0.2, 0.25) is 0 Å². The van der Waals surface area contributed by atoms with Crippen molar-refractivity contribution in [2.45, 2.75) is 0 Å². The Balaban J connectivity index is 2.82. The van der Waals surface area contributed by atoms with Gasteiger partial charge in [-0.15, -0.1) is 0 Å². The summed E-state index contributed by atoms with van der Waals surface area (Å²) in [7, 11) is 0. The molecule has 6 heteroatoms. The van der Waals surface area contributed by atoms with Crippen LogP contribution in [0.2, 0.25) is 0 Å². The molecule has 1 aromatic carbocycles. The zero-order valence-electron chi connectivity index (χ0n) is 5.84. The molecular formula is C6H3N4O2-. The molecule has 1 aromatic heterocycles. The van der Waals surface area contributed by atoms with Gasteiger partial charge >= 0.3 is 0 Å². The molecule has 0 bridgehead atoms. The standard InChI is InChI=1S/C6H3N4O2/c11-10(12)5-3-1-2-4-6(5)8-9-7-4/h1-3H/q-1. The molecule has 0 radical (unpaired) electrons. The Morgan fingerprint density at radius 3 is 3.00 bits per heavy atom. The fourth-order valence-electron chi connectivity index (χ4n) is 0.965. The number of hydrogen-bond donors (Lipinski definition) is 0. The predicted molar refractivity (Wildman–Crippen MR) is 39.5 cm³/mol. The van der Waals surface area contributed by atoms with Gasteiger partial charge in [-0.2, -0.15) is 0 Å². The van der Waals surface area contributed by atoms with Gasteiger partial charge in [0.25, 0.3) is 5.69 Å². The molecule has 0 saturated carbocycles. The first-order valence-electron chi connectivity index (χ1n) is 3.18. The van der Waals surface area contributed by atoms with Gasteiger partial charge in [-0.05, 0) is 6.07 Å². The molecule has 0 aliphatic rings. The smallest absolute Gasteiger partial charge is 0.295 e. The van der Waals surface area contributed by atoms with Crippen molar-refractivity contribution in [3.8, 4) is 0 Å². The van der Waals surface area contributed by atoms with E-state index < -0.39 is 4.92 Å². The number of nitro groups is 1. The maximum atomic E-state index is 10.4. The van der Waals surface area contributed by atoms with Crippen LogP contribution in [-0.2, 0) is 0 Å². The molecule has 60 valence electrons. The van der Waals surface area contributed by atoms with Crippen LogP contribution in [0, 0.1) is 10.1 Å². The molecule has 0 spiro atoms. The predicted octanol–water partition coefficient (Wildman–Crippen LogP) is 0.495. The summed E-state index contributed by atoms with van der Waals surface area (Å²) in [4.78, 5) is 9.92. The third-order valence-electron chi connectivity index (χ3n) is 1.49. The third kappa shape index (κ3) is 0.815. The van der Waals surface area contributed by atoms with E-state index in [-0.39, 0.29) is 11.2 Å². The van der Waals surface area contributed by atoms with Crippen LogP contribution in [0.4, 0.5) is 5.69 Å². The quantitative estimate of drug-likeness (QED) is 0.451. The second kappa shape index (κ2) is 2.26. The van der Waals surface area contributed by atoms with E-state index in [0.29, 0.717) is 5.52 Å². The Morgan fingerprint density at radius 1 is 1.42 bits per heavy atom. The second-order valence-electron chi connectivity index (χ2n) is 2.19. The fraction of sp³-hybridized carbons (Fsp3) is 0. The van der Waals surface area contributed by atoms with Gasteiger partial charge < -0.3 is 15.4 Å². The molecule has 12 heavy (non-hydrogen) atoms. The molecule has 0 saturated heterocycles. The van der Waals surface area contributed by atoms with Crippen LogP contribution in [0.15, 0.2) is 18.2 Å². The van der Waals surface area contributed by atoms with Crippen LogP contribution in [-0.4, -0.2) is 15.1 Å². The Bertz CT molecular complexity index is 436. The van der Waals surface area contributed by atoms with E-state index in [1.807, 2.05) is 0 Å². The number of rotatable bonds is 1. The summed E-state index contributed by atoms with van der Waals surface area (Å²) in [6.45, 7) is 0. The average Bonchev–Trinajstić information content (AvgIpc) is 2.49. The van der Waals surface area contributed by atoms with Crippen molar-refractivity contribution in [2.75, 3.05) is 0 Å². The SMILES string of the molecule is O=[N+]([O-])c1cccc2n[n-]nc12. The molecule has 0 aliphatic carbocycles. The summed E-state index contributed by atoms with van der Waals surface area (Å²) < 4.78 is 0. The highest BCUT2D eigenvalue weighted by Crippen LogP contribution is 2.20. The molecule has 0 atom stereocenters. The molecule has 0 amide bonds. The molecule has 0 fully saturated rings. The molecule has 0 unspecified atom stereocenters. The summed E-state index contributed by atoms with van der Waals surface area (Å²) >= 11 is 0. The number of non-ortho nitro benzene ring substituents is 1. The van der Waals surface area contributed by atoms with Gasteiger partial charge in [-0.3, -0.25) is 10.1 Å². The molecule has 0 N–H and O–H groups in total. The minimum absolute atomic E-state index is 0.0579. The summed E-state index contributed by atoms with van der Waals surface area (Å²) in [6, 6.07) is 4.55. The zero-order valence-corrected chi connectivity index (χ0v) is 5.84. The van der Waals surface area contributed by atoms with Crippen LogP contribution in [0.25, 0.3) is 11.0 Å². The van der Waals surface area contributed by atoms with E-state index in [2.05, 4.69) is 15.4 Å². The monoisotopic (exact) mass is 163 g/mol. The molecule has 1 heterocycles. The summed E-state index contributed by atoms with van der Waals surface area (Å²) in [6.07, 6.45) is 0. The van der Waals surface area contributed by atoms with Gasteiger partial charge in [0, 0.05) is 6.07 Å². The first kappa shape index (κ1) is 6.71. The highest BCUT2D eigenvalue weighted by molar-refractivity contribution is 5.83. The van der Waals surface area contributed by atoms with Crippen molar-refractivity contribution in [3.63, 3.8) is 0 Å². The Kier molecular flexibility index (Phi) is 1.26. The van der Waals surface area contributed by atoms with Crippen molar-refractivity contribution >= 4 is 16.7 Å². The summed E-state index contributed by atoms with van der Waals surface area (Å²) in [5.41, 5.74) is 0.629. The lowest BCUT2D eigenvalue weighted by molar-refractivity contribution is -0.383. The Morgan fingerprint density at radius 2 is 2.25 bits per heavy atom. The summed E-state index contributed by atoms with van der Waals surface area (Å²) in [5, 5.41) is 20.9. The minimum Gasteiger partial charge on any atom is -0.492 e. The van der Waals surface area contributed by atoms with E-state index >= 15 is 0 Å². The Labute approximate surface area is 66.4 Å². The number of fused-ring (bicyclic) bond motifs is 1. The number of aromatic nitrogens is 3. The summed E-state index contributed by atoms with van der Waals surface area (Å²) in [5.74, 6) is 0. The first-order chi connectivity index (χ1) is 5.79. The highest BCUT2D eigenvalue weighted by Gasteiger charge is 2.10. The van der Waals surface area contributed by atoms with Crippen LogP contribution in [0.3, 0.4) is 0 Å². The van der Waals surface area contributed by atoms with Crippen molar-refractivity contribution in [1.82, 2.24) is 15.4 Å². The van der Waals surface area contributed by atoms with Crippen LogP contribution >= 0.6 is 0 Å². The van der Waals surface area contributed by atoms with Gasteiger partial charge in [-0.25, -0.2) is 0 Å². The minimum atomic E-state index is -0.501. The van der Waals surface area contributed by atoms with Crippen molar-refractivity contribution in [1.29, 1.82) is 0 Å². The second-order valence-corrected chi connectivity index (χ2v) is 2.19. The fourth-order valence-corrected chi connectivity index (χ4v) is 0.965. The van der Waals surface area contributed by atoms with Crippen molar-refractivity contribution in [2.24, 2.45) is 0 Å². The van der Waals surface area contributed by atoms with Crippen molar-refractivity contribution in [3.05, 3.63) is 28.3 Å². The van der Waals surface area contributed by atoms with E-state index in [0.717, 1.165) is 0 Å². The molecular weight excluding hydrogens is 160 g/mol. The van der Waals surface area contributed by atoms with E-state index in [9.17, 15) is 10.1 Å². The lowest BCUT2D eigenvalue weighted by Gasteiger charge is -1.91. The topological polar surface area (TPSA) is 83.0 Å². The third-order valence-corrected chi connectivity index (χ3v) is 1.49. The lowest BCUT2D eigenvalue weighted by Crippen LogP contribution is -1.88. The van der Waals surface area contributed by atoms with E-state index in [1.165, 1.54) is 6.07 Å². The van der Waals surface area contributed by atoms with E-state index in [4.69, 9.17) is 0 Å². The first-order valence-corrected chi connectivity index (χ1v) is 3.18. The number of hydrogen-bond acceptors (Lipinski definition) is 4. The van der Waals surface area contributed by atoms with Gasteiger partial charge in [0.1, 0.15) is 5.52 Å². The largest absolute Gasteiger partial charge is 0.492 e. The van der Waals surface area contributed by atoms with Crippen LogP contribution in [0.5, 0.6) is 0 Å². The molecule has 6 nitrogen and oxygen atoms in total. The molecule has 2 rings (SSSR count).